The van der Waals surface area contributed by atoms with Gasteiger partial charge in [0.15, 0.2) is 0 Å². The van der Waals surface area contributed by atoms with Gasteiger partial charge < -0.3 is 9.13 Å². The second kappa shape index (κ2) is 7.55. The van der Waals surface area contributed by atoms with Gasteiger partial charge in [-0.1, -0.05) is 58.7 Å². The van der Waals surface area contributed by atoms with Gasteiger partial charge in [-0.15, -0.1) is 0 Å². The number of rotatable bonds is 4. The Hall–Kier alpha value is -2.66. The predicted molar refractivity (Wildman–Crippen MR) is 124 cm³/mol. The van der Waals surface area contributed by atoms with Gasteiger partial charge in [-0.05, 0) is 54.7 Å². The highest BCUT2D eigenvalue weighted by molar-refractivity contribution is 9.10. The lowest BCUT2D eigenvalue weighted by atomic mass is 10.1. The van der Waals surface area contributed by atoms with Gasteiger partial charge in [0.1, 0.15) is 11.3 Å². The van der Waals surface area contributed by atoms with Gasteiger partial charge in [-0.3, -0.25) is 4.79 Å². The van der Waals surface area contributed by atoms with E-state index in [1.807, 2.05) is 22.9 Å². The zero-order valence-electron chi connectivity index (χ0n) is 17.2. The fraction of sp³-hybridized carbons (Fsp3) is 0.280. The number of nitrogens with zero attached hydrogens (tertiary/aromatic N) is 3. The fourth-order valence-corrected chi connectivity index (χ4v) is 5.15. The van der Waals surface area contributed by atoms with Crippen LogP contribution in [0.3, 0.4) is 0 Å². The van der Waals surface area contributed by atoms with Crippen LogP contribution in [0.25, 0.3) is 11.0 Å². The van der Waals surface area contributed by atoms with Crippen LogP contribution in [0.4, 0.5) is 0 Å². The molecule has 2 heterocycles. The van der Waals surface area contributed by atoms with Gasteiger partial charge in [-0.2, -0.15) is 0 Å². The van der Waals surface area contributed by atoms with Gasteiger partial charge in [0, 0.05) is 17.1 Å². The minimum atomic E-state index is 0.0340. The van der Waals surface area contributed by atoms with Crippen LogP contribution in [0.2, 0.25) is 0 Å². The minimum absolute atomic E-state index is 0.0340. The molecule has 1 aliphatic carbocycles. The van der Waals surface area contributed by atoms with E-state index in [4.69, 9.17) is 4.98 Å². The van der Waals surface area contributed by atoms with E-state index in [-0.39, 0.29) is 11.6 Å². The summed E-state index contributed by atoms with van der Waals surface area (Å²) in [4.78, 5) is 18.4. The molecule has 4 aromatic rings. The highest BCUT2D eigenvalue weighted by atomic mass is 79.9. The first-order chi connectivity index (χ1) is 14.5. The topological polar surface area (TPSA) is 39.8 Å². The Bertz CT molecular complexity index is 1320. The number of benzene rings is 2. The molecule has 0 aliphatic heterocycles. The zero-order valence-corrected chi connectivity index (χ0v) is 18.8. The van der Waals surface area contributed by atoms with Gasteiger partial charge >= 0.3 is 0 Å². The summed E-state index contributed by atoms with van der Waals surface area (Å²) >= 11 is 3.59. The quantitative estimate of drug-likeness (QED) is 0.407. The molecule has 0 spiro atoms. The molecule has 0 bridgehead atoms. The lowest BCUT2D eigenvalue weighted by molar-refractivity contribution is 0.567. The third-order valence-corrected chi connectivity index (χ3v) is 6.59. The van der Waals surface area contributed by atoms with Gasteiger partial charge in [0.25, 0.3) is 5.56 Å². The average molecular weight is 462 g/mol. The minimum Gasteiger partial charge on any atom is -0.316 e. The number of aryl methyl sites for hydroxylation is 3. The van der Waals surface area contributed by atoms with Crippen molar-refractivity contribution < 1.29 is 0 Å². The number of halogens is 1. The molecule has 152 valence electrons. The molecule has 1 atom stereocenters. The van der Waals surface area contributed by atoms with Crippen molar-refractivity contribution in [1.29, 1.82) is 0 Å². The van der Waals surface area contributed by atoms with Gasteiger partial charge in [0.05, 0.1) is 18.1 Å². The summed E-state index contributed by atoms with van der Waals surface area (Å²) < 4.78 is 5.13. The van der Waals surface area contributed by atoms with Crippen molar-refractivity contribution in [3.05, 3.63) is 97.6 Å². The van der Waals surface area contributed by atoms with E-state index in [1.54, 1.807) is 0 Å². The van der Waals surface area contributed by atoms with E-state index < -0.39 is 0 Å². The Balaban J connectivity index is 1.66. The molecule has 2 aromatic heterocycles. The van der Waals surface area contributed by atoms with Crippen LogP contribution in [-0.4, -0.2) is 14.1 Å². The maximum absolute atomic E-state index is 13.6. The molecule has 30 heavy (non-hydrogen) atoms. The largest absolute Gasteiger partial charge is 0.316 e. The van der Waals surface area contributed by atoms with E-state index in [2.05, 4.69) is 70.7 Å². The van der Waals surface area contributed by atoms with Crippen molar-refractivity contribution in [1.82, 2.24) is 14.1 Å². The zero-order chi connectivity index (χ0) is 20.8. The Morgan fingerprint density at radius 1 is 1.17 bits per heavy atom. The number of hydrogen-bond acceptors (Lipinski definition) is 2. The number of imidazole rings is 1. The van der Waals surface area contributed by atoms with Crippen molar-refractivity contribution in [3.63, 3.8) is 0 Å². The van der Waals surface area contributed by atoms with Crippen LogP contribution in [0.15, 0.2) is 64.0 Å². The maximum atomic E-state index is 13.6. The van der Waals surface area contributed by atoms with Crippen molar-refractivity contribution in [2.75, 3.05) is 0 Å². The predicted octanol–water partition coefficient (Wildman–Crippen LogP) is 5.42. The maximum Gasteiger partial charge on any atom is 0.277 e. The summed E-state index contributed by atoms with van der Waals surface area (Å²) in [5.74, 6) is 0.983. The Kier molecular flexibility index (Phi) is 4.86. The molecular weight excluding hydrogens is 438 g/mol. The van der Waals surface area contributed by atoms with Gasteiger partial charge in [0.2, 0.25) is 0 Å². The van der Waals surface area contributed by atoms with Crippen LogP contribution in [-0.2, 0) is 19.4 Å². The highest BCUT2D eigenvalue weighted by Crippen LogP contribution is 2.38. The second-order valence-electron chi connectivity index (χ2n) is 8.12. The molecule has 2 aromatic carbocycles. The summed E-state index contributed by atoms with van der Waals surface area (Å²) in [6.45, 7) is 4.76. The third kappa shape index (κ3) is 3.21. The van der Waals surface area contributed by atoms with E-state index in [0.29, 0.717) is 6.54 Å². The molecule has 0 fully saturated rings. The van der Waals surface area contributed by atoms with Crippen LogP contribution in [0, 0.1) is 6.92 Å². The molecule has 0 saturated carbocycles. The first-order valence-corrected chi connectivity index (χ1v) is 11.3. The van der Waals surface area contributed by atoms with Crippen molar-refractivity contribution in [3.8, 4) is 0 Å². The molecule has 0 radical (unpaired) electrons. The normalized spacial score (nSPS) is 15.6. The van der Waals surface area contributed by atoms with E-state index in [9.17, 15) is 4.79 Å². The van der Waals surface area contributed by atoms with Crippen LogP contribution in [0.1, 0.15) is 47.5 Å². The molecule has 1 aliphatic rings. The molecule has 4 nitrogen and oxygen atoms in total. The van der Waals surface area contributed by atoms with Crippen LogP contribution in [0.5, 0.6) is 0 Å². The molecule has 0 saturated heterocycles. The summed E-state index contributed by atoms with van der Waals surface area (Å²) in [5.41, 5.74) is 6.55. The lowest BCUT2D eigenvalue weighted by Gasteiger charge is -2.18. The average Bonchev–Trinajstić information content (AvgIpc) is 3.30. The van der Waals surface area contributed by atoms with E-state index in [1.165, 1.54) is 16.7 Å². The van der Waals surface area contributed by atoms with Gasteiger partial charge in [-0.25, -0.2) is 4.98 Å². The van der Waals surface area contributed by atoms with Crippen LogP contribution < -0.4 is 5.56 Å². The number of hydrogen-bond donors (Lipinski definition) is 0. The second-order valence-corrected chi connectivity index (χ2v) is 9.04. The molecule has 0 unspecified atom stereocenters. The number of fused-ring (bicyclic) bond motifs is 2. The summed E-state index contributed by atoms with van der Waals surface area (Å²) in [5, 5.41) is 0. The lowest BCUT2D eigenvalue weighted by Crippen LogP contribution is -2.24. The Morgan fingerprint density at radius 2 is 2.03 bits per heavy atom. The highest BCUT2D eigenvalue weighted by Gasteiger charge is 2.28. The number of aromatic nitrogens is 3. The molecule has 5 rings (SSSR count). The monoisotopic (exact) mass is 461 g/mol. The first kappa shape index (κ1) is 19.3. The molecule has 0 N–H and O–H groups in total. The molecular formula is C25H24BrN3O. The van der Waals surface area contributed by atoms with Crippen LogP contribution >= 0.6 is 15.9 Å². The molecule has 5 heteroatoms. The van der Waals surface area contributed by atoms with Crippen molar-refractivity contribution in [2.45, 2.75) is 45.7 Å². The summed E-state index contributed by atoms with van der Waals surface area (Å²) in [7, 11) is 0. The standard InChI is InChI=1S/C25H24BrN3O/c1-3-23-27-21-11-12-28(15-17-6-4-5-16(2)13-17)25(30)24(21)29(23)22-10-7-18-14-19(26)8-9-20(18)22/h4-6,8-9,11-14,22H,3,7,10,15H2,1-2H3/t22-/m0/s1. The van der Waals surface area contributed by atoms with E-state index in [0.717, 1.165) is 46.2 Å². The van der Waals surface area contributed by atoms with Crippen molar-refractivity contribution in [2.24, 2.45) is 0 Å². The molecule has 0 amide bonds. The fourth-order valence-electron chi connectivity index (χ4n) is 4.74. The third-order valence-electron chi connectivity index (χ3n) is 6.10. The number of pyridine rings is 1. The van der Waals surface area contributed by atoms with Crippen molar-refractivity contribution >= 4 is 27.0 Å². The first-order valence-electron chi connectivity index (χ1n) is 10.5. The summed E-state index contributed by atoms with van der Waals surface area (Å²) in [6.07, 6.45) is 4.70. The van der Waals surface area contributed by atoms with E-state index >= 15 is 0 Å². The SMILES string of the molecule is CCc1nc2ccn(Cc3cccc(C)c3)c(=O)c2n1[C@H]1CCc2cc(Br)ccc21. The smallest absolute Gasteiger partial charge is 0.277 e. The summed E-state index contributed by atoms with van der Waals surface area (Å²) in [6, 6.07) is 17.0. The Labute approximate surface area is 184 Å². The Morgan fingerprint density at radius 3 is 2.83 bits per heavy atom.